The minimum Gasteiger partial charge on any atom is -0.493 e. The molecule has 1 aromatic rings. The predicted molar refractivity (Wildman–Crippen MR) is 56.0 cm³/mol. The maximum absolute atomic E-state index is 13.4. The van der Waals surface area contributed by atoms with Gasteiger partial charge in [-0.1, -0.05) is 15.9 Å². The Balaban J connectivity index is 2.45. The molecule has 0 bridgehead atoms. The Bertz CT molecular complexity index is 369. The summed E-state index contributed by atoms with van der Waals surface area (Å²) in [6.07, 6.45) is 0.909. The van der Waals surface area contributed by atoms with Gasteiger partial charge in [-0.15, -0.1) is 0 Å². The Hall–Kier alpha value is -0.610. The largest absolute Gasteiger partial charge is 0.493 e. The summed E-state index contributed by atoms with van der Waals surface area (Å²) in [5.74, 6) is 0.235. The zero-order valence-electron chi connectivity index (χ0n) is 7.76. The van der Waals surface area contributed by atoms with Gasteiger partial charge < -0.3 is 10.5 Å². The molecule has 0 radical (unpaired) electrons. The van der Waals surface area contributed by atoms with Crippen molar-refractivity contribution in [2.24, 2.45) is 5.73 Å². The van der Waals surface area contributed by atoms with Crippen molar-refractivity contribution in [1.82, 2.24) is 0 Å². The molecule has 2 rings (SSSR count). The van der Waals surface area contributed by atoms with Gasteiger partial charge >= 0.3 is 0 Å². The quantitative estimate of drug-likeness (QED) is 0.886. The van der Waals surface area contributed by atoms with Crippen LogP contribution in [0, 0.1) is 5.82 Å². The van der Waals surface area contributed by atoms with Crippen molar-refractivity contribution in [3.05, 3.63) is 28.0 Å². The average Bonchev–Trinajstić information content (AvgIpc) is 2.81. The van der Waals surface area contributed by atoms with Crippen molar-refractivity contribution >= 4 is 15.9 Å². The summed E-state index contributed by atoms with van der Waals surface area (Å²) in [4.78, 5) is 0. The number of halogens is 2. The molecule has 1 aliphatic rings. The molecule has 1 saturated carbocycles. The second-order valence-electron chi connectivity index (χ2n) is 3.52. The van der Waals surface area contributed by atoms with E-state index in [1.165, 1.54) is 13.2 Å². The molecule has 1 aliphatic carbocycles. The highest BCUT2D eigenvalue weighted by atomic mass is 79.9. The zero-order valence-corrected chi connectivity index (χ0v) is 9.34. The Morgan fingerprint density at radius 3 is 2.71 bits per heavy atom. The molecule has 0 aliphatic heterocycles. The molecule has 0 saturated heterocycles. The number of rotatable bonds is 2. The van der Waals surface area contributed by atoms with Crippen LogP contribution >= 0.6 is 15.9 Å². The minimum atomic E-state index is -0.337. The molecule has 14 heavy (non-hydrogen) atoms. The van der Waals surface area contributed by atoms with Gasteiger partial charge in [0.15, 0.2) is 11.6 Å². The number of nitrogens with two attached hydrogens (primary N) is 1. The third-order valence-corrected chi connectivity index (χ3v) is 2.94. The van der Waals surface area contributed by atoms with Gasteiger partial charge in [-0.25, -0.2) is 4.39 Å². The maximum atomic E-state index is 13.4. The van der Waals surface area contributed by atoms with E-state index < -0.39 is 0 Å². The van der Waals surface area contributed by atoms with Crippen LogP contribution in [0.15, 0.2) is 16.6 Å². The number of benzene rings is 1. The Labute approximate surface area is 90.4 Å². The molecular weight excluding hydrogens is 249 g/mol. The molecule has 0 aromatic heterocycles. The lowest BCUT2D eigenvalue weighted by molar-refractivity contribution is 0.381. The van der Waals surface area contributed by atoms with Crippen LogP contribution in [0.3, 0.4) is 0 Å². The summed E-state index contributed by atoms with van der Waals surface area (Å²) in [6, 6.07) is 3.42. The standard InChI is InChI=1S/C10H11BrFNO/c1-14-10-7(6-4-9(6)13)2-5(11)3-8(10)12/h2-3,6,9H,4,13H2,1H3/t6-,9+/m0/s1. The summed E-state index contributed by atoms with van der Waals surface area (Å²) in [5, 5.41) is 0. The average molecular weight is 260 g/mol. The fourth-order valence-corrected chi connectivity index (χ4v) is 2.09. The second-order valence-corrected chi connectivity index (χ2v) is 4.43. The van der Waals surface area contributed by atoms with Gasteiger partial charge in [0.05, 0.1) is 7.11 Å². The molecule has 0 heterocycles. The monoisotopic (exact) mass is 259 g/mol. The molecular formula is C10H11BrFNO. The van der Waals surface area contributed by atoms with Crippen molar-refractivity contribution < 1.29 is 9.13 Å². The first kappa shape index (κ1) is 9.93. The molecule has 0 spiro atoms. The lowest BCUT2D eigenvalue weighted by atomic mass is 10.1. The first-order chi connectivity index (χ1) is 6.63. The third kappa shape index (κ3) is 1.64. The van der Waals surface area contributed by atoms with E-state index in [-0.39, 0.29) is 17.8 Å². The van der Waals surface area contributed by atoms with E-state index in [0.29, 0.717) is 5.75 Å². The molecule has 76 valence electrons. The summed E-state index contributed by atoms with van der Waals surface area (Å²) >= 11 is 3.26. The van der Waals surface area contributed by atoms with E-state index in [1.807, 2.05) is 6.07 Å². The molecule has 2 atom stereocenters. The molecule has 1 aromatic carbocycles. The van der Waals surface area contributed by atoms with E-state index in [1.54, 1.807) is 0 Å². The normalized spacial score (nSPS) is 24.9. The molecule has 2 nitrogen and oxygen atoms in total. The molecule has 0 unspecified atom stereocenters. The van der Waals surface area contributed by atoms with Gasteiger partial charge in [-0.05, 0) is 18.6 Å². The molecule has 0 amide bonds. The van der Waals surface area contributed by atoms with E-state index in [0.717, 1.165) is 16.5 Å². The van der Waals surface area contributed by atoms with Gasteiger partial charge in [-0.3, -0.25) is 0 Å². The van der Waals surface area contributed by atoms with E-state index in [9.17, 15) is 4.39 Å². The van der Waals surface area contributed by atoms with Crippen LogP contribution in [0.2, 0.25) is 0 Å². The van der Waals surface area contributed by atoms with E-state index in [4.69, 9.17) is 10.5 Å². The number of hydrogen-bond donors (Lipinski definition) is 1. The highest BCUT2D eigenvalue weighted by Crippen LogP contribution is 2.45. The lowest BCUT2D eigenvalue weighted by Gasteiger charge is -2.09. The van der Waals surface area contributed by atoms with Crippen LogP contribution in [-0.2, 0) is 0 Å². The first-order valence-corrected chi connectivity index (χ1v) is 5.21. The van der Waals surface area contributed by atoms with Crippen LogP contribution in [0.25, 0.3) is 0 Å². The van der Waals surface area contributed by atoms with Gasteiger partial charge in [0.1, 0.15) is 0 Å². The van der Waals surface area contributed by atoms with Crippen LogP contribution in [0.5, 0.6) is 5.75 Å². The topological polar surface area (TPSA) is 35.2 Å². The summed E-state index contributed by atoms with van der Waals surface area (Å²) < 4.78 is 19.2. The highest BCUT2D eigenvalue weighted by molar-refractivity contribution is 9.10. The van der Waals surface area contributed by atoms with Gasteiger partial charge in [0.2, 0.25) is 0 Å². The third-order valence-electron chi connectivity index (χ3n) is 2.48. The van der Waals surface area contributed by atoms with Crippen LogP contribution < -0.4 is 10.5 Å². The lowest BCUT2D eigenvalue weighted by Crippen LogP contribution is -2.03. The van der Waals surface area contributed by atoms with Gasteiger partial charge in [0.25, 0.3) is 0 Å². The summed E-state index contributed by atoms with van der Waals surface area (Å²) in [7, 11) is 1.48. The predicted octanol–water partition coefficient (Wildman–Crippen LogP) is 2.41. The fraction of sp³-hybridized carbons (Fsp3) is 0.400. The van der Waals surface area contributed by atoms with Gasteiger partial charge in [-0.2, -0.15) is 0 Å². The molecule has 1 fully saturated rings. The van der Waals surface area contributed by atoms with E-state index in [2.05, 4.69) is 15.9 Å². The Morgan fingerprint density at radius 2 is 2.21 bits per heavy atom. The maximum Gasteiger partial charge on any atom is 0.166 e. The van der Waals surface area contributed by atoms with Crippen molar-refractivity contribution in [2.45, 2.75) is 18.4 Å². The number of hydrogen-bond acceptors (Lipinski definition) is 2. The molecule has 2 N–H and O–H groups in total. The number of ether oxygens (including phenoxy) is 1. The van der Waals surface area contributed by atoms with Crippen molar-refractivity contribution in [1.29, 1.82) is 0 Å². The molecule has 4 heteroatoms. The smallest absolute Gasteiger partial charge is 0.166 e. The van der Waals surface area contributed by atoms with Crippen LogP contribution in [0.1, 0.15) is 17.9 Å². The Morgan fingerprint density at radius 1 is 1.57 bits per heavy atom. The van der Waals surface area contributed by atoms with E-state index >= 15 is 0 Å². The van der Waals surface area contributed by atoms with Gasteiger partial charge in [0, 0.05) is 22.0 Å². The first-order valence-electron chi connectivity index (χ1n) is 4.42. The van der Waals surface area contributed by atoms with Crippen LogP contribution in [-0.4, -0.2) is 13.2 Å². The second kappa shape index (κ2) is 3.51. The van der Waals surface area contributed by atoms with Crippen molar-refractivity contribution in [3.8, 4) is 5.75 Å². The fourth-order valence-electron chi connectivity index (χ4n) is 1.64. The van der Waals surface area contributed by atoms with Crippen LogP contribution in [0.4, 0.5) is 4.39 Å². The van der Waals surface area contributed by atoms with Crippen molar-refractivity contribution in [2.75, 3.05) is 7.11 Å². The Kier molecular flexibility index (Phi) is 2.49. The minimum absolute atomic E-state index is 0.151. The SMILES string of the molecule is COc1c(F)cc(Br)cc1[C@@H]1C[C@H]1N. The number of methoxy groups -OCH3 is 1. The summed E-state index contributed by atoms with van der Waals surface area (Å²) in [6.45, 7) is 0. The summed E-state index contributed by atoms with van der Waals surface area (Å²) in [5.41, 5.74) is 6.60. The zero-order chi connectivity index (χ0) is 10.3. The highest BCUT2D eigenvalue weighted by Gasteiger charge is 2.37. The van der Waals surface area contributed by atoms with Crippen molar-refractivity contribution in [3.63, 3.8) is 0 Å².